The minimum absolute atomic E-state index is 0.252. The number of Topliss-reactive ketones (excluding diaryl/α,β-unsaturated/α-hetero) is 1. The summed E-state index contributed by atoms with van der Waals surface area (Å²) in [7, 11) is 0. The fraction of sp³-hybridized carbons (Fsp3) is 0.353. The zero-order valence-electron chi connectivity index (χ0n) is 10.9. The van der Waals surface area contributed by atoms with Crippen LogP contribution in [0.3, 0.4) is 0 Å². The number of hydrogen-bond acceptors (Lipinski definition) is 1. The van der Waals surface area contributed by atoms with Crippen LogP contribution in [0.4, 0.5) is 0 Å². The van der Waals surface area contributed by atoms with E-state index >= 15 is 0 Å². The van der Waals surface area contributed by atoms with Crippen LogP contribution in [-0.4, -0.2) is 5.78 Å². The number of hydrogen-bond donors (Lipinski definition) is 0. The molecule has 1 saturated carbocycles. The summed E-state index contributed by atoms with van der Waals surface area (Å²) in [4.78, 5) is 12.5. The molecule has 0 aliphatic heterocycles. The molecule has 1 aliphatic rings. The van der Waals surface area contributed by atoms with Crippen molar-refractivity contribution >= 4 is 32.5 Å². The summed E-state index contributed by atoms with van der Waals surface area (Å²) in [5, 5.41) is 2.32. The lowest BCUT2D eigenvalue weighted by molar-refractivity contribution is 0.0889. The van der Waals surface area contributed by atoms with E-state index in [0.29, 0.717) is 5.78 Å². The molecule has 2 aromatic carbocycles. The molecule has 2 heteroatoms. The van der Waals surface area contributed by atoms with Gasteiger partial charge < -0.3 is 0 Å². The van der Waals surface area contributed by atoms with Gasteiger partial charge in [0.25, 0.3) is 0 Å². The molecule has 19 heavy (non-hydrogen) atoms. The van der Waals surface area contributed by atoms with Crippen molar-refractivity contribution in [3.63, 3.8) is 0 Å². The summed E-state index contributed by atoms with van der Waals surface area (Å²) in [6.07, 6.45) is 5.83. The maximum atomic E-state index is 12.5. The highest BCUT2D eigenvalue weighted by Crippen LogP contribution is 2.28. The van der Waals surface area contributed by atoms with Crippen LogP contribution in [0.25, 0.3) is 10.8 Å². The van der Waals surface area contributed by atoms with Gasteiger partial charge in [0.15, 0.2) is 5.78 Å². The SMILES string of the molecule is O=C(c1ccc2cc(Br)ccc2c1)C1CCCCC1. The Bertz CT molecular complexity index is 612. The number of carbonyl (C=O) groups excluding carboxylic acids is 1. The number of halogens is 1. The first-order valence-corrected chi connectivity index (χ1v) is 7.77. The lowest BCUT2D eigenvalue weighted by atomic mass is 9.83. The lowest BCUT2D eigenvalue weighted by Gasteiger charge is -2.20. The Morgan fingerprint density at radius 3 is 2.42 bits per heavy atom. The van der Waals surface area contributed by atoms with Crippen molar-refractivity contribution in [1.29, 1.82) is 0 Å². The number of ketones is 1. The maximum Gasteiger partial charge on any atom is 0.165 e. The molecule has 98 valence electrons. The van der Waals surface area contributed by atoms with Crippen molar-refractivity contribution in [2.45, 2.75) is 32.1 Å². The third-order valence-corrected chi connectivity index (χ3v) is 4.56. The molecule has 0 bridgehead atoms. The van der Waals surface area contributed by atoms with Gasteiger partial charge >= 0.3 is 0 Å². The van der Waals surface area contributed by atoms with Gasteiger partial charge in [0.2, 0.25) is 0 Å². The molecular weight excluding hydrogens is 300 g/mol. The van der Waals surface area contributed by atoms with Gasteiger partial charge in [-0.2, -0.15) is 0 Å². The molecule has 0 spiro atoms. The monoisotopic (exact) mass is 316 g/mol. The van der Waals surface area contributed by atoms with Crippen molar-refractivity contribution < 1.29 is 4.79 Å². The minimum atomic E-state index is 0.252. The summed E-state index contributed by atoms with van der Waals surface area (Å²) in [6, 6.07) is 12.2. The molecule has 0 radical (unpaired) electrons. The molecule has 1 fully saturated rings. The molecule has 0 aromatic heterocycles. The fourth-order valence-corrected chi connectivity index (χ4v) is 3.35. The average Bonchev–Trinajstić information content (AvgIpc) is 2.47. The Morgan fingerprint density at radius 2 is 1.63 bits per heavy atom. The van der Waals surface area contributed by atoms with Gasteiger partial charge in [-0.1, -0.05) is 53.4 Å². The largest absolute Gasteiger partial charge is 0.294 e. The predicted molar refractivity (Wildman–Crippen MR) is 82.6 cm³/mol. The average molecular weight is 317 g/mol. The van der Waals surface area contributed by atoms with E-state index in [1.54, 1.807) is 0 Å². The van der Waals surface area contributed by atoms with Crippen molar-refractivity contribution in [1.82, 2.24) is 0 Å². The molecule has 0 saturated heterocycles. The van der Waals surface area contributed by atoms with Crippen molar-refractivity contribution in [3.05, 3.63) is 46.4 Å². The minimum Gasteiger partial charge on any atom is -0.294 e. The van der Waals surface area contributed by atoms with Crippen molar-refractivity contribution in [2.24, 2.45) is 5.92 Å². The second-order valence-electron chi connectivity index (χ2n) is 5.41. The van der Waals surface area contributed by atoms with E-state index in [1.165, 1.54) is 24.6 Å². The number of benzene rings is 2. The zero-order chi connectivity index (χ0) is 13.2. The summed E-state index contributed by atoms with van der Waals surface area (Å²) >= 11 is 3.48. The van der Waals surface area contributed by atoms with E-state index in [4.69, 9.17) is 0 Å². The Kier molecular flexibility index (Phi) is 3.69. The van der Waals surface area contributed by atoms with Crippen molar-refractivity contribution in [2.75, 3.05) is 0 Å². The van der Waals surface area contributed by atoms with Crippen LogP contribution in [0, 0.1) is 5.92 Å². The van der Waals surface area contributed by atoms with Gasteiger partial charge in [0.1, 0.15) is 0 Å². The molecule has 0 N–H and O–H groups in total. The van der Waals surface area contributed by atoms with Crippen LogP contribution in [-0.2, 0) is 0 Å². The first-order chi connectivity index (χ1) is 9.24. The Labute approximate surface area is 122 Å². The summed E-state index contributed by atoms with van der Waals surface area (Å²) in [5.74, 6) is 0.589. The molecule has 0 atom stereocenters. The van der Waals surface area contributed by atoms with Crippen LogP contribution >= 0.6 is 15.9 Å². The van der Waals surface area contributed by atoms with Gasteiger partial charge in [-0.25, -0.2) is 0 Å². The number of fused-ring (bicyclic) bond motifs is 1. The second-order valence-corrected chi connectivity index (χ2v) is 6.32. The normalized spacial score (nSPS) is 16.7. The van der Waals surface area contributed by atoms with Gasteiger partial charge in [0, 0.05) is 16.0 Å². The summed E-state index contributed by atoms with van der Waals surface area (Å²) < 4.78 is 1.08. The summed E-state index contributed by atoms with van der Waals surface area (Å²) in [5.41, 5.74) is 0.877. The molecular formula is C17H17BrO. The quantitative estimate of drug-likeness (QED) is 0.681. The fourth-order valence-electron chi connectivity index (χ4n) is 2.97. The van der Waals surface area contributed by atoms with Crippen LogP contribution in [0.15, 0.2) is 40.9 Å². The molecule has 0 heterocycles. The third kappa shape index (κ3) is 2.74. The van der Waals surface area contributed by atoms with Crippen molar-refractivity contribution in [3.8, 4) is 0 Å². The van der Waals surface area contributed by atoms with E-state index < -0.39 is 0 Å². The van der Waals surface area contributed by atoms with Crippen LogP contribution in [0.1, 0.15) is 42.5 Å². The van der Waals surface area contributed by atoms with Gasteiger partial charge in [0.05, 0.1) is 0 Å². The lowest BCUT2D eigenvalue weighted by Crippen LogP contribution is -2.17. The van der Waals surface area contributed by atoms with E-state index in [2.05, 4.69) is 34.1 Å². The highest BCUT2D eigenvalue weighted by molar-refractivity contribution is 9.10. The first-order valence-electron chi connectivity index (χ1n) is 6.97. The van der Waals surface area contributed by atoms with E-state index in [9.17, 15) is 4.79 Å². The molecule has 1 nitrogen and oxygen atoms in total. The highest BCUT2D eigenvalue weighted by Gasteiger charge is 2.22. The second kappa shape index (κ2) is 5.46. The zero-order valence-corrected chi connectivity index (χ0v) is 12.4. The molecule has 0 unspecified atom stereocenters. The standard InChI is InChI=1S/C17H17BrO/c18-16-9-8-13-10-15(7-6-14(13)11-16)17(19)12-4-2-1-3-5-12/h6-12H,1-5H2. The van der Waals surface area contributed by atoms with Gasteiger partial charge in [-0.15, -0.1) is 0 Å². The van der Waals surface area contributed by atoms with E-state index in [-0.39, 0.29) is 5.92 Å². The highest BCUT2D eigenvalue weighted by atomic mass is 79.9. The van der Waals surface area contributed by atoms with Crippen LogP contribution in [0.5, 0.6) is 0 Å². The van der Waals surface area contributed by atoms with E-state index in [1.807, 2.05) is 18.2 Å². The van der Waals surface area contributed by atoms with Crippen LogP contribution < -0.4 is 0 Å². The molecule has 1 aliphatic carbocycles. The van der Waals surface area contributed by atoms with Crippen LogP contribution in [0.2, 0.25) is 0 Å². The number of carbonyl (C=O) groups is 1. The Hall–Kier alpha value is -1.15. The topological polar surface area (TPSA) is 17.1 Å². The van der Waals surface area contributed by atoms with Gasteiger partial charge in [-0.3, -0.25) is 4.79 Å². The summed E-state index contributed by atoms with van der Waals surface area (Å²) in [6.45, 7) is 0. The Balaban J connectivity index is 1.92. The molecule has 2 aromatic rings. The third-order valence-electron chi connectivity index (χ3n) is 4.06. The smallest absolute Gasteiger partial charge is 0.165 e. The van der Waals surface area contributed by atoms with Gasteiger partial charge in [-0.05, 0) is 41.8 Å². The Morgan fingerprint density at radius 1 is 0.947 bits per heavy atom. The number of rotatable bonds is 2. The first kappa shape index (κ1) is 12.9. The predicted octanol–water partition coefficient (Wildman–Crippen LogP) is 5.37. The van der Waals surface area contributed by atoms with E-state index in [0.717, 1.165) is 28.3 Å². The molecule has 3 rings (SSSR count). The molecule has 0 amide bonds. The maximum absolute atomic E-state index is 12.5.